The molecule has 2 heterocycles. The van der Waals surface area contributed by atoms with Gasteiger partial charge < -0.3 is 24.3 Å². The molecule has 4 rings (SSSR count). The van der Waals surface area contributed by atoms with E-state index in [4.69, 9.17) is 20.6 Å². The molecule has 1 aliphatic carbocycles. The fourth-order valence-electron chi connectivity index (χ4n) is 4.25. The zero-order valence-electron chi connectivity index (χ0n) is 21.1. The molecule has 2 aromatic heterocycles. The van der Waals surface area contributed by atoms with Crippen LogP contribution >= 0.6 is 11.6 Å². The number of carbonyl (C=O) groups excluding carboxylic acids is 2. The first-order valence-electron chi connectivity index (χ1n) is 11.9. The van der Waals surface area contributed by atoms with Crippen molar-refractivity contribution >= 4 is 29.2 Å². The van der Waals surface area contributed by atoms with E-state index >= 15 is 0 Å². The van der Waals surface area contributed by atoms with Gasteiger partial charge in [0.2, 0.25) is 5.91 Å². The second kappa shape index (κ2) is 12.4. The molecule has 1 aromatic carbocycles. The number of nitrogens with one attached hydrogen (secondary N) is 1. The molecule has 10 heteroatoms. The zero-order chi connectivity index (χ0) is 25.1. The second-order valence-corrected chi connectivity index (χ2v) is 10.1. The van der Waals surface area contributed by atoms with Crippen LogP contribution in [-0.4, -0.2) is 22.2 Å². The van der Waals surface area contributed by atoms with Crippen LogP contribution in [0.4, 0.5) is 5.69 Å². The van der Waals surface area contributed by atoms with E-state index in [2.05, 4.69) is 29.5 Å². The van der Waals surface area contributed by atoms with E-state index in [1.54, 1.807) is 12.1 Å². The summed E-state index contributed by atoms with van der Waals surface area (Å²) < 4.78 is 11.2. The number of aliphatic carboxylic acids is 1. The Kier molecular flexibility index (Phi) is 9.80. The van der Waals surface area contributed by atoms with Gasteiger partial charge in [-0.15, -0.1) is 0 Å². The van der Waals surface area contributed by atoms with Crippen LogP contribution < -0.4 is 40.0 Å². The van der Waals surface area contributed by atoms with Crippen LogP contribution in [0.15, 0.2) is 33.3 Å². The van der Waals surface area contributed by atoms with E-state index in [9.17, 15) is 14.7 Å². The summed E-state index contributed by atoms with van der Waals surface area (Å²) >= 11 is 6.27. The molecule has 1 N–H and O–H groups in total. The van der Waals surface area contributed by atoms with Crippen molar-refractivity contribution in [3.63, 3.8) is 0 Å². The number of carboxylic acids is 1. The van der Waals surface area contributed by atoms with Gasteiger partial charge in [-0.1, -0.05) is 41.8 Å². The van der Waals surface area contributed by atoms with Crippen molar-refractivity contribution < 1.29 is 53.3 Å². The van der Waals surface area contributed by atoms with Crippen molar-refractivity contribution in [2.45, 2.75) is 71.1 Å². The smallest absolute Gasteiger partial charge is 0.550 e. The Hall–Kier alpha value is -2.13. The summed E-state index contributed by atoms with van der Waals surface area (Å²) in [5.74, 6) is 0.0103. The number of hydrogen-bond donors (Lipinski definition) is 1. The summed E-state index contributed by atoms with van der Waals surface area (Å²) in [6, 6.07) is 7.23. The predicted octanol–water partition coefficient (Wildman–Crippen LogP) is 2.01. The number of aromatic nitrogens is 2. The van der Waals surface area contributed by atoms with Crippen molar-refractivity contribution in [2.75, 3.05) is 5.32 Å². The van der Waals surface area contributed by atoms with E-state index in [1.165, 1.54) is 0 Å². The van der Waals surface area contributed by atoms with Gasteiger partial charge in [0.1, 0.15) is 5.76 Å². The number of carboxylic acid groups (broad SMARTS) is 1. The fraction of sp³-hybridized carbons (Fsp3) is 0.462. The third kappa shape index (κ3) is 7.22. The SMILES string of the molecule is Cc1ccc(NC(=O)C[C@H](CCC(=O)[O-])c2noc(-c3cc(CC(C)C)on3)c2C2CC2)c(Cl)c1.[Na+]. The van der Waals surface area contributed by atoms with Crippen LogP contribution in [-0.2, 0) is 16.0 Å². The van der Waals surface area contributed by atoms with Crippen molar-refractivity contribution in [3.05, 3.63) is 51.9 Å². The zero-order valence-corrected chi connectivity index (χ0v) is 23.9. The van der Waals surface area contributed by atoms with Crippen LogP contribution in [0, 0.1) is 12.8 Å². The van der Waals surface area contributed by atoms with Crippen molar-refractivity contribution in [2.24, 2.45) is 5.92 Å². The summed E-state index contributed by atoms with van der Waals surface area (Å²) in [5.41, 5.74) is 3.54. The minimum Gasteiger partial charge on any atom is -0.550 e. The molecule has 0 saturated heterocycles. The summed E-state index contributed by atoms with van der Waals surface area (Å²) in [7, 11) is 0. The van der Waals surface area contributed by atoms with E-state index in [1.807, 2.05) is 19.1 Å². The van der Waals surface area contributed by atoms with Gasteiger partial charge in [0.25, 0.3) is 0 Å². The molecule has 0 spiro atoms. The Labute approximate surface area is 237 Å². The monoisotopic (exact) mass is 521 g/mol. The van der Waals surface area contributed by atoms with Gasteiger partial charge >= 0.3 is 29.6 Å². The normalized spacial score (nSPS) is 13.9. The molecule has 186 valence electrons. The van der Waals surface area contributed by atoms with Crippen LogP contribution in [0.5, 0.6) is 0 Å². The number of hydrogen-bond acceptors (Lipinski definition) is 7. The largest absolute Gasteiger partial charge is 1.00 e. The van der Waals surface area contributed by atoms with Gasteiger partial charge in [-0.3, -0.25) is 4.79 Å². The quantitative estimate of drug-likeness (QED) is 0.383. The first-order valence-corrected chi connectivity index (χ1v) is 12.3. The molecule has 0 aliphatic heterocycles. The third-order valence-corrected chi connectivity index (χ3v) is 6.37. The van der Waals surface area contributed by atoms with Gasteiger partial charge in [0, 0.05) is 36.4 Å². The molecule has 1 amide bonds. The van der Waals surface area contributed by atoms with Crippen LogP contribution in [0.3, 0.4) is 0 Å². The molecule has 36 heavy (non-hydrogen) atoms. The number of benzene rings is 1. The summed E-state index contributed by atoms with van der Waals surface area (Å²) in [5, 5.41) is 23.0. The summed E-state index contributed by atoms with van der Waals surface area (Å²) in [6.45, 7) is 6.11. The standard InChI is InChI=1S/C26H30ClN3O5.Na/c1-14(2)10-18-13-21(29-34-18)26-24(16-5-6-16)25(30-35-26)17(7-9-23(32)33)12-22(31)28-20-8-4-15(3)11-19(20)27;/h4,8,11,13-14,16-17H,5-7,9-10,12H2,1-3H3,(H,28,31)(H,32,33);/q;+1/p-1/t17-;/m0./s1. The van der Waals surface area contributed by atoms with E-state index < -0.39 is 11.9 Å². The average molecular weight is 522 g/mol. The second-order valence-electron chi connectivity index (χ2n) is 9.70. The third-order valence-electron chi connectivity index (χ3n) is 6.06. The maximum atomic E-state index is 12.9. The van der Waals surface area contributed by atoms with Crippen LogP contribution in [0.1, 0.15) is 80.4 Å². The van der Waals surface area contributed by atoms with Crippen LogP contribution in [0.25, 0.3) is 11.5 Å². The first-order chi connectivity index (χ1) is 16.7. The number of nitrogens with zero attached hydrogens (tertiary/aromatic N) is 2. The molecular formula is C26H29ClN3NaO5. The topological polar surface area (TPSA) is 121 Å². The fourth-order valence-corrected chi connectivity index (χ4v) is 4.53. The Morgan fingerprint density at radius 2 is 1.94 bits per heavy atom. The summed E-state index contributed by atoms with van der Waals surface area (Å²) in [4.78, 5) is 24.2. The summed E-state index contributed by atoms with van der Waals surface area (Å²) in [6.07, 6.45) is 2.72. The van der Waals surface area contributed by atoms with E-state index in [0.717, 1.165) is 36.1 Å². The molecule has 0 radical (unpaired) electrons. The number of carbonyl (C=O) groups is 2. The Morgan fingerprint density at radius 3 is 2.58 bits per heavy atom. The molecule has 1 saturated carbocycles. The Morgan fingerprint density at radius 1 is 1.19 bits per heavy atom. The molecule has 1 atom stereocenters. The van der Waals surface area contributed by atoms with E-state index in [-0.39, 0.29) is 60.6 Å². The maximum Gasteiger partial charge on any atom is 1.00 e. The van der Waals surface area contributed by atoms with Crippen molar-refractivity contribution in [3.8, 4) is 11.5 Å². The number of amides is 1. The van der Waals surface area contributed by atoms with Gasteiger partial charge in [-0.05, 0) is 62.1 Å². The first kappa shape index (κ1) is 28.4. The Bertz CT molecular complexity index is 1220. The number of rotatable bonds is 11. The van der Waals surface area contributed by atoms with Gasteiger partial charge in [-0.2, -0.15) is 0 Å². The molecule has 0 bridgehead atoms. The van der Waals surface area contributed by atoms with Gasteiger partial charge in [-0.25, -0.2) is 0 Å². The van der Waals surface area contributed by atoms with Crippen LogP contribution in [0.2, 0.25) is 5.02 Å². The number of anilines is 1. The molecule has 3 aromatic rings. The molecular weight excluding hydrogens is 493 g/mol. The number of aryl methyl sites for hydroxylation is 1. The predicted molar refractivity (Wildman–Crippen MR) is 129 cm³/mol. The maximum absolute atomic E-state index is 12.9. The van der Waals surface area contributed by atoms with E-state index in [0.29, 0.717) is 33.8 Å². The van der Waals surface area contributed by atoms with Gasteiger partial charge in [0.05, 0.1) is 16.4 Å². The minimum absolute atomic E-state index is 0. The van der Waals surface area contributed by atoms with Gasteiger partial charge in [0.15, 0.2) is 11.5 Å². The number of halogens is 1. The molecule has 1 aliphatic rings. The average Bonchev–Trinajstić information content (AvgIpc) is 3.36. The Balaban J connectivity index is 0.00000361. The molecule has 8 nitrogen and oxygen atoms in total. The van der Waals surface area contributed by atoms with Crippen molar-refractivity contribution in [1.82, 2.24) is 10.3 Å². The van der Waals surface area contributed by atoms with Crippen molar-refractivity contribution in [1.29, 1.82) is 0 Å². The molecule has 0 unspecified atom stereocenters. The molecule has 1 fully saturated rings. The minimum atomic E-state index is -1.18.